The summed E-state index contributed by atoms with van der Waals surface area (Å²) >= 11 is 0. The number of methoxy groups -OCH3 is 2. The molecule has 10 nitrogen and oxygen atoms in total. The molecule has 2 aromatic carbocycles. The van der Waals surface area contributed by atoms with Gasteiger partial charge in [0, 0.05) is 25.7 Å². The lowest BCUT2D eigenvalue weighted by Gasteiger charge is -2.26. The fourth-order valence-electron chi connectivity index (χ4n) is 3.92. The number of rotatable bonds is 10. The van der Waals surface area contributed by atoms with Crippen molar-refractivity contribution in [2.45, 2.75) is 23.8 Å². The SMILES string of the molecule is COc1ccc([C@H](CNc2ccc(S(=O)(=O)N3CCCC3)cc2[N+](=O)[O-])N(C)C)cc1OC. The third kappa shape index (κ3) is 5.37. The Morgan fingerprint density at radius 2 is 1.76 bits per heavy atom. The Morgan fingerprint density at radius 1 is 1.09 bits per heavy atom. The number of hydrogen-bond donors (Lipinski definition) is 1. The Bertz CT molecular complexity index is 1100. The van der Waals surface area contributed by atoms with Gasteiger partial charge in [0.25, 0.3) is 5.69 Å². The molecule has 1 saturated heterocycles. The first kappa shape index (κ1) is 24.7. The highest BCUT2D eigenvalue weighted by atomic mass is 32.2. The number of nitro groups is 1. The van der Waals surface area contributed by atoms with Crippen LogP contribution < -0.4 is 14.8 Å². The molecule has 11 heteroatoms. The van der Waals surface area contributed by atoms with E-state index in [1.807, 2.05) is 37.2 Å². The normalized spacial score (nSPS) is 15.4. The standard InChI is InChI=1S/C22H30N4O6S/c1-24(2)20(16-7-10-21(31-3)22(13-16)32-4)15-23-18-9-8-17(14-19(18)26(27)28)33(29,30)25-11-5-6-12-25/h7-10,13-14,20,23H,5-6,11-12,15H2,1-4H3/t20-/m0/s1. The monoisotopic (exact) mass is 478 g/mol. The Labute approximate surface area is 194 Å². The number of nitro benzene ring substituents is 1. The van der Waals surface area contributed by atoms with Gasteiger partial charge in [0.1, 0.15) is 5.69 Å². The van der Waals surface area contributed by atoms with Crippen LogP contribution in [0.15, 0.2) is 41.3 Å². The molecule has 33 heavy (non-hydrogen) atoms. The molecule has 3 rings (SSSR count). The molecule has 0 bridgehead atoms. The van der Waals surface area contributed by atoms with Crippen LogP contribution in [0.25, 0.3) is 0 Å². The molecular weight excluding hydrogens is 448 g/mol. The van der Waals surface area contributed by atoms with E-state index >= 15 is 0 Å². The van der Waals surface area contributed by atoms with E-state index in [1.54, 1.807) is 14.2 Å². The van der Waals surface area contributed by atoms with Crippen molar-refractivity contribution in [3.05, 3.63) is 52.1 Å². The molecule has 180 valence electrons. The van der Waals surface area contributed by atoms with Gasteiger partial charge in [-0.25, -0.2) is 8.42 Å². The number of likely N-dealkylation sites (N-methyl/N-ethyl adjacent to an activating group) is 1. The number of nitrogens with zero attached hydrogens (tertiary/aromatic N) is 3. The Kier molecular flexibility index (Phi) is 7.77. The molecule has 0 amide bonds. The molecule has 0 unspecified atom stereocenters. The minimum absolute atomic E-state index is 0.0642. The predicted molar refractivity (Wildman–Crippen MR) is 126 cm³/mol. The maximum absolute atomic E-state index is 12.8. The maximum atomic E-state index is 12.8. The second-order valence-corrected chi connectivity index (χ2v) is 9.96. The smallest absolute Gasteiger partial charge is 0.293 e. The number of anilines is 1. The quantitative estimate of drug-likeness (QED) is 0.409. The van der Waals surface area contributed by atoms with E-state index in [-0.39, 0.29) is 22.3 Å². The van der Waals surface area contributed by atoms with Gasteiger partial charge in [-0.3, -0.25) is 10.1 Å². The first-order valence-electron chi connectivity index (χ1n) is 10.6. The molecule has 0 radical (unpaired) electrons. The second kappa shape index (κ2) is 10.4. The summed E-state index contributed by atoms with van der Waals surface area (Å²) in [5, 5.41) is 14.9. The average molecular weight is 479 g/mol. The van der Waals surface area contributed by atoms with Crippen molar-refractivity contribution in [1.29, 1.82) is 0 Å². The largest absolute Gasteiger partial charge is 0.493 e. The molecule has 1 N–H and O–H groups in total. The number of benzene rings is 2. The van der Waals surface area contributed by atoms with E-state index in [4.69, 9.17) is 9.47 Å². The maximum Gasteiger partial charge on any atom is 0.293 e. The summed E-state index contributed by atoms with van der Waals surface area (Å²) in [7, 11) is 3.19. The average Bonchev–Trinajstić information content (AvgIpc) is 3.34. The van der Waals surface area contributed by atoms with Crippen LogP contribution in [0.3, 0.4) is 0 Å². The Balaban J connectivity index is 1.86. The van der Waals surface area contributed by atoms with Crippen LogP contribution in [0, 0.1) is 10.1 Å². The molecule has 0 aliphatic carbocycles. The molecule has 1 aliphatic heterocycles. The van der Waals surface area contributed by atoms with E-state index < -0.39 is 14.9 Å². The highest BCUT2D eigenvalue weighted by Crippen LogP contribution is 2.33. The van der Waals surface area contributed by atoms with Gasteiger partial charge >= 0.3 is 0 Å². The molecule has 1 aliphatic rings. The Hall–Kier alpha value is -2.89. The molecular formula is C22H30N4O6S. The van der Waals surface area contributed by atoms with Crippen molar-refractivity contribution < 1.29 is 22.8 Å². The summed E-state index contributed by atoms with van der Waals surface area (Å²) in [5.41, 5.74) is 0.911. The molecule has 1 atom stereocenters. The zero-order valence-corrected chi connectivity index (χ0v) is 20.1. The predicted octanol–water partition coefficient (Wildman–Crippen LogP) is 3.11. The van der Waals surface area contributed by atoms with Crippen LogP contribution in [-0.4, -0.2) is 70.5 Å². The number of nitrogens with one attached hydrogen (secondary N) is 1. The second-order valence-electron chi connectivity index (χ2n) is 8.02. The van der Waals surface area contributed by atoms with Gasteiger partial charge in [0.05, 0.1) is 30.1 Å². The van der Waals surface area contributed by atoms with Crippen molar-refractivity contribution in [1.82, 2.24) is 9.21 Å². The summed E-state index contributed by atoms with van der Waals surface area (Å²) in [6.07, 6.45) is 1.59. The minimum atomic E-state index is -3.75. The third-order valence-electron chi connectivity index (χ3n) is 5.77. The van der Waals surface area contributed by atoms with Gasteiger partial charge in [-0.2, -0.15) is 4.31 Å². The van der Waals surface area contributed by atoms with Crippen LogP contribution in [0.1, 0.15) is 24.4 Å². The number of hydrogen-bond acceptors (Lipinski definition) is 8. The van der Waals surface area contributed by atoms with Crippen molar-refractivity contribution in [2.75, 3.05) is 53.3 Å². The molecule has 1 fully saturated rings. The van der Waals surface area contributed by atoms with E-state index in [1.165, 1.54) is 16.4 Å². The topological polar surface area (TPSA) is 114 Å². The van der Waals surface area contributed by atoms with E-state index in [9.17, 15) is 18.5 Å². The molecule has 0 spiro atoms. The van der Waals surface area contributed by atoms with Gasteiger partial charge in [0.2, 0.25) is 10.0 Å². The fourth-order valence-corrected chi connectivity index (χ4v) is 5.45. The summed E-state index contributed by atoms with van der Waals surface area (Å²) < 4.78 is 37.7. The van der Waals surface area contributed by atoms with Gasteiger partial charge in [0.15, 0.2) is 11.5 Å². The Morgan fingerprint density at radius 3 is 2.33 bits per heavy atom. The van der Waals surface area contributed by atoms with Crippen LogP contribution in [0.2, 0.25) is 0 Å². The lowest BCUT2D eigenvalue weighted by molar-refractivity contribution is -0.384. The molecule has 1 heterocycles. The molecule has 2 aromatic rings. The summed E-state index contributed by atoms with van der Waals surface area (Å²) in [5.74, 6) is 1.20. The van der Waals surface area contributed by atoms with Gasteiger partial charge in [-0.15, -0.1) is 0 Å². The third-order valence-corrected chi connectivity index (χ3v) is 7.66. The highest BCUT2D eigenvalue weighted by Gasteiger charge is 2.29. The van der Waals surface area contributed by atoms with Crippen molar-refractivity contribution in [2.24, 2.45) is 0 Å². The van der Waals surface area contributed by atoms with Crippen LogP contribution >= 0.6 is 0 Å². The zero-order chi connectivity index (χ0) is 24.2. The van der Waals surface area contributed by atoms with Crippen LogP contribution in [-0.2, 0) is 10.0 Å². The van der Waals surface area contributed by atoms with Crippen molar-refractivity contribution in [3.8, 4) is 11.5 Å². The lowest BCUT2D eigenvalue weighted by Crippen LogP contribution is -2.28. The molecule has 0 saturated carbocycles. The number of ether oxygens (including phenoxy) is 2. The van der Waals surface area contributed by atoms with E-state index in [2.05, 4.69) is 5.32 Å². The molecule has 0 aromatic heterocycles. The fraction of sp³-hybridized carbons (Fsp3) is 0.455. The van der Waals surface area contributed by atoms with E-state index in [0.717, 1.165) is 24.5 Å². The van der Waals surface area contributed by atoms with Gasteiger partial charge in [-0.1, -0.05) is 6.07 Å². The van der Waals surface area contributed by atoms with Crippen molar-refractivity contribution in [3.63, 3.8) is 0 Å². The first-order valence-corrected chi connectivity index (χ1v) is 12.0. The van der Waals surface area contributed by atoms with E-state index in [0.29, 0.717) is 31.1 Å². The summed E-state index contributed by atoms with van der Waals surface area (Å²) in [6.45, 7) is 1.22. The van der Waals surface area contributed by atoms with Gasteiger partial charge < -0.3 is 19.7 Å². The first-order chi connectivity index (χ1) is 15.7. The van der Waals surface area contributed by atoms with Crippen LogP contribution in [0.4, 0.5) is 11.4 Å². The van der Waals surface area contributed by atoms with Crippen molar-refractivity contribution >= 4 is 21.4 Å². The van der Waals surface area contributed by atoms with Crippen LogP contribution in [0.5, 0.6) is 11.5 Å². The zero-order valence-electron chi connectivity index (χ0n) is 19.3. The minimum Gasteiger partial charge on any atom is -0.493 e. The number of sulfonamides is 1. The summed E-state index contributed by atoms with van der Waals surface area (Å²) in [6, 6.07) is 9.46. The lowest BCUT2D eigenvalue weighted by atomic mass is 10.0. The van der Waals surface area contributed by atoms with Gasteiger partial charge in [-0.05, 0) is 56.8 Å². The highest BCUT2D eigenvalue weighted by molar-refractivity contribution is 7.89. The summed E-state index contributed by atoms with van der Waals surface area (Å²) in [4.78, 5) is 13.1.